The van der Waals surface area contributed by atoms with Crippen molar-refractivity contribution in [3.05, 3.63) is 35.9 Å². The van der Waals surface area contributed by atoms with Gasteiger partial charge < -0.3 is 25.4 Å². The number of aliphatic hydroxyl groups is 1. The van der Waals surface area contributed by atoms with Gasteiger partial charge in [0.2, 0.25) is 0 Å². The number of benzene rings is 1. The highest BCUT2D eigenvalue weighted by Crippen LogP contribution is 2.20. The molecule has 1 fully saturated rings. The first-order valence-corrected chi connectivity index (χ1v) is 8.89. The summed E-state index contributed by atoms with van der Waals surface area (Å²) in [6.07, 6.45) is -0.306. The van der Waals surface area contributed by atoms with E-state index in [1.165, 1.54) is 0 Å². The first-order chi connectivity index (χ1) is 12.1. The van der Waals surface area contributed by atoms with E-state index in [-0.39, 0.29) is 12.6 Å². The molecule has 1 unspecified atom stereocenters. The third-order valence-electron chi connectivity index (χ3n) is 4.20. The van der Waals surface area contributed by atoms with Crippen LogP contribution in [0.15, 0.2) is 35.3 Å². The van der Waals surface area contributed by atoms with Gasteiger partial charge in [-0.1, -0.05) is 30.3 Å². The molecule has 2 rings (SSSR count). The number of guanidine groups is 1. The zero-order valence-corrected chi connectivity index (χ0v) is 16.1. The molecule has 1 aliphatic rings. The zero-order chi connectivity index (χ0) is 19.4. The largest absolute Gasteiger partial charge is 0.444 e. The van der Waals surface area contributed by atoms with E-state index in [0.29, 0.717) is 32.1 Å². The number of nitrogens with two attached hydrogens (primary N) is 1. The predicted molar refractivity (Wildman–Crippen MR) is 102 cm³/mol. The molecule has 1 amide bonds. The summed E-state index contributed by atoms with van der Waals surface area (Å²) in [7, 11) is 0. The second kappa shape index (κ2) is 7.95. The normalized spacial score (nSPS) is 18.4. The number of carbonyl (C=O) groups excluding carboxylic acids is 1. The Morgan fingerprint density at radius 2 is 1.65 bits per heavy atom. The Morgan fingerprint density at radius 1 is 1.12 bits per heavy atom. The molecule has 0 radical (unpaired) electrons. The monoisotopic (exact) mass is 362 g/mol. The Hall–Kier alpha value is -2.28. The second-order valence-electron chi connectivity index (χ2n) is 7.77. The molecule has 26 heavy (non-hydrogen) atoms. The zero-order valence-electron chi connectivity index (χ0n) is 16.1. The van der Waals surface area contributed by atoms with Crippen LogP contribution in [0.2, 0.25) is 0 Å². The second-order valence-corrected chi connectivity index (χ2v) is 7.77. The summed E-state index contributed by atoms with van der Waals surface area (Å²) < 4.78 is 5.39. The molecule has 1 aromatic rings. The van der Waals surface area contributed by atoms with Gasteiger partial charge in [-0.25, -0.2) is 9.79 Å². The molecule has 0 bridgehead atoms. The van der Waals surface area contributed by atoms with E-state index in [1.807, 2.05) is 56.0 Å². The van der Waals surface area contributed by atoms with E-state index in [4.69, 9.17) is 10.5 Å². The van der Waals surface area contributed by atoms with Gasteiger partial charge in [-0.15, -0.1) is 0 Å². The van der Waals surface area contributed by atoms with Crippen molar-refractivity contribution < 1.29 is 14.6 Å². The van der Waals surface area contributed by atoms with Gasteiger partial charge in [-0.3, -0.25) is 0 Å². The highest BCUT2D eigenvalue weighted by molar-refractivity contribution is 5.78. The number of hydrogen-bond acceptors (Lipinski definition) is 4. The Kier molecular flexibility index (Phi) is 6.13. The number of ether oxygens (including phenoxy) is 1. The smallest absolute Gasteiger partial charge is 0.410 e. The van der Waals surface area contributed by atoms with Gasteiger partial charge in [0.25, 0.3) is 0 Å². The average molecular weight is 362 g/mol. The summed E-state index contributed by atoms with van der Waals surface area (Å²) in [5, 5.41) is 10.6. The minimum atomic E-state index is -1.08. The highest BCUT2D eigenvalue weighted by atomic mass is 16.6. The lowest BCUT2D eigenvalue weighted by Gasteiger charge is -2.36. The number of aliphatic imine (C=N–C) groups is 1. The molecule has 0 aromatic heterocycles. The van der Waals surface area contributed by atoms with E-state index in [1.54, 1.807) is 11.8 Å². The maximum Gasteiger partial charge on any atom is 0.410 e. The van der Waals surface area contributed by atoms with Gasteiger partial charge in [0.05, 0.1) is 6.54 Å². The minimum Gasteiger partial charge on any atom is -0.444 e. The number of hydrogen-bond donors (Lipinski definition) is 2. The van der Waals surface area contributed by atoms with Crippen molar-refractivity contribution in [3.8, 4) is 0 Å². The van der Waals surface area contributed by atoms with E-state index in [9.17, 15) is 9.90 Å². The van der Waals surface area contributed by atoms with Crippen LogP contribution >= 0.6 is 0 Å². The first-order valence-electron chi connectivity index (χ1n) is 8.89. The third kappa shape index (κ3) is 5.62. The van der Waals surface area contributed by atoms with Crippen molar-refractivity contribution >= 4 is 12.1 Å². The third-order valence-corrected chi connectivity index (χ3v) is 4.20. The van der Waals surface area contributed by atoms with Crippen LogP contribution in [-0.2, 0) is 10.3 Å². The molecule has 1 atom stereocenters. The van der Waals surface area contributed by atoms with E-state index < -0.39 is 11.2 Å². The molecule has 0 saturated carbocycles. The van der Waals surface area contributed by atoms with Gasteiger partial charge in [-0.2, -0.15) is 0 Å². The van der Waals surface area contributed by atoms with Crippen LogP contribution in [0.5, 0.6) is 0 Å². The Bertz CT molecular complexity index is 630. The van der Waals surface area contributed by atoms with E-state index >= 15 is 0 Å². The molecule has 1 aliphatic heterocycles. The maximum atomic E-state index is 12.1. The molecule has 7 heteroatoms. The van der Waals surface area contributed by atoms with Gasteiger partial charge in [0, 0.05) is 26.2 Å². The lowest BCUT2D eigenvalue weighted by molar-refractivity contribution is 0.0186. The van der Waals surface area contributed by atoms with Gasteiger partial charge in [0.1, 0.15) is 11.2 Å². The number of carbonyl (C=O) groups is 1. The summed E-state index contributed by atoms with van der Waals surface area (Å²) in [5.41, 5.74) is 5.30. The number of amides is 1. The molecule has 7 nitrogen and oxygen atoms in total. The molecule has 0 aliphatic carbocycles. The van der Waals surface area contributed by atoms with Gasteiger partial charge in [0.15, 0.2) is 5.96 Å². The summed E-state index contributed by atoms with van der Waals surface area (Å²) in [5.74, 6) is 0.380. The van der Waals surface area contributed by atoms with Crippen molar-refractivity contribution in [2.45, 2.75) is 38.9 Å². The molecule has 0 spiro atoms. The van der Waals surface area contributed by atoms with Crippen LogP contribution in [0.4, 0.5) is 4.79 Å². The van der Waals surface area contributed by atoms with Crippen molar-refractivity contribution in [1.29, 1.82) is 0 Å². The predicted octanol–water partition coefficient (Wildman–Crippen LogP) is 1.76. The van der Waals surface area contributed by atoms with E-state index in [2.05, 4.69) is 4.99 Å². The van der Waals surface area contributed by atoms with Crippen molar-refractivity contribution in [1.82, 2.24) is 9.80 Å². The lowest BCUT2D eigenvalue weighted by atomic mass is 9.96. The molecule has 1 aromatic carbocycles. The molecule has 144 valence electrons. The fraction of sp³-hybridized carbons (Fsp3) is 0.579. The Balaban J connectivity index is 1.89. The average Bonchev–Trinajstić information content (AvgIpc) is 2.59. The van der Waals surface area contributed by atoms with Crippen LogP contribution in [0.3, 0.4) is 0 Å². The van der Waals surface area contributed by atoms with Crippen LogP contribution in [-0.4, -0.2) is 65.3 Å². The maximum absolute atomic E-state index is 12.1. The van der Waals surface area contributed by atoms with Crippen LogP contribution in [0.25, 0.3) is 0 Å². The van der Waals surface area contributed by atoms with Crippen molar-refractivity contribution in [2.75, 3.05) is 32.7 Å². The topological polar surface area (TPSA) is 91.4 Å². The summed E-state index contributed by atoms with van der Waals surface area (Å²) >= 11 is 0. The SMILES string of the molecule is CC(C)(C)OC(=O)N1CCN(C(N)=NCC(C)(O)c2ccccc2)CC1. The Labute approximate surface area is 155 Å². The van der Waals surface area contributed by atoms with Crippen LogP contribution in [0.1, 0.15) is 33.3 Å². The van der Waals surface area contributed by atoms with E-state index in [0.717, 1.165) is 5.56 Å². The quantitative estimate of drug-likeness (QED) is 0.631. The fourth-order valence-electron chi connectivity index (χ4n) is 2.67. The number of nitrogens with zero attached hydrogens (tertiary/aromatic N) is 3. The minimum absolute atomic E-state index is 0.176. The number of rotatable bonds is 3. The molecule has 3 N–H and O–H groups in total. The van der Waals surface area contributed by atoms with Crippen molar-refractivity contribution in [2.24, 2.45) is 10.7 Å². The molecule has 1 saturated heterocycles. The van der Waals surface area contributed by atoms with Crippen molar-refractivity contribution in [3.63, 3.8) is 0 Å². The van der Waals surface area contributed by atoms with Gasteiger partial charge >= 0.3 is 6.09 Å². The fourth-order valence-corrected chi connectivity index (χ4v) is 2.67. The molecular weight excluding hydrogens is 332 g/mol. The number of piperazine rings is 1. The summed E-state index contributed by atoms with van der Waals surface area (Å²) in [4.78, 5) is 20.1. The lowest BCUT2D eigenvalue weighted by Crippen LogP contribution is -2.53. The standard InChI is InChI=1S/C19H30N4O3/c1-18(2,3)26-17(24)23-12-10-22(11-13-23)16(20)21-14-19(4,25)15-8-6-5-7-9-15/h5-9,25H,10-14H2,1-4H3,(H2,20,21). The summed E-state index contributed by atoms with van der Waals surface area (Å²) in [6, 6.07) is 9.40. The Morgan fingerprint density at radius 3 is 2.19 bits per heavy atom. The first kappa shape index (κ1) is 20.0. The van der Waals surface area contributed by atoms with Crippen LogP contribution in [0, 0.1) is 0 Å². The molecular formula is C19H30N4O3. The van der Waals surface area contributed by atoms with Crippen LogP contribution < -0.4 is 5.73 Å². The summed E-state index contributed by atoms with van der Waals surface area (Å²) in [6.45, 7) is 9.68. The van der Waals surface area contributed by atoms with Gasteiger partial charge in [-0.05, 0) is 33.3 Å². The highest BCUT2D eigenvalue weighted by Gasteiger charge is 2.27. The molecule has 1 heterocycles.